The molecule has 2 rings (SSSR count). The molecule has 1 aliphatic heterocycles. The lowest BCUT2D eigenvalue weighted by Crippen LogP contribution is -2.57. The summed E-state index contributed by atoms with van der Waals surface area (Å²) in [5, 5.41) is 5.33. The van der Waals surface area contributed by atoms with Crippen LogP contribution in [-0.4, -0.2) is 32.7 Å². The molecule has 0 atom stereocenters. The van der Waals surface area contributed by atoms with Crippen LogP contribution in [0.25, 0.3) is 0 Å². The molecule has 0 saturated carbocycles. The van der Waals surface area contributed by atoms with Gasteiger partial charge in [0.25, 0.3) is 0 Å². The number of benzene rings is 1. The molecule has 1 saturated heterocycles. The monoisotopic (exact) mass is 313 g/mol. The molecule has 1 heterocycles. The Hall–Kier alpha value is -1.31. The summed E-state index contributed by atoms with van der Waals surface area (Å²) >= 11 is 0. The average molecular weight is 313 g/mol. The highest BCUT2D eigenvalue weighted by Crippen LogP contribution is 2.34. The van der Waals surface area contributed by atoms with E-state index in [9.17, 15) is 8.42 Å². The number of morpholine rings is 1. The van der Waals surface area contributed by atoms with Gasteiger partial charge in [0.2, 0.25) is 10.0 Å². The van der Waals surface area contributed by atoms with E-state index in [1.165, 1.54) is 6.07 Å². The molecule has 0 spiro atoms. The maximum absolute atomic E-state index is 11.8. The molecule has 6 nitrogen and oxygen atoms in total. The molecule has 0 amide bonds. The lowest BCUT2D eigenvalue weighted by atomic mass is 9.98. The van der Waals surface area contributed by atoms with Gasteiger partial charge in [0.15, 0.2) is 0 Å². The Balaban J connectivity index is 2.52. The van der Waals surface area contributed by atoms with Crippen molar-refractivity contribution >= 4 is 21.4 Å². The molecule has 0 aliphatic carbocycles. The van der Waals surface area contributed by atoms with Crippen molar-refractivity contribution in [1.82, 2.24) is 0 Å². The van der Waals surface area contributed by atoms with Gasteiger partial charge in [0.1, 0.15) is 4.90 Å². The van der Waals surface area contributed by atoms with Crippen LogP contribution in [0.2, 0.25) is 0 Å². The van der Waals surface area contributed by atoms with Crippen molar-refractivity contribution in [2.24, 2.45) is 5.14 Å². The molecule has 1 aliphatic rings. The zero-order valence-corrected chi connectivity index (χ0v) is 13.7. The molecule has 4 N–H and O–H groups in total. The van der Waals surface area contributed by atoms with Crippen LogP contribution in [0.15, 0.2) is 23.1 Å². The van der Waals surface area contributed by atoms with Crippen molar-refractivity contribution < 1.29 is 13.2 Å². The van der Waals surface area contributed by atoms with E-state index in [0.29, 0.717) is 24.5 Å². The third-order valence-electron chi connectivity index (χ3n) is 3.33. The smallest absolute Gasteiger partial charge is 0.240 e. The van der Waals surface area contributed by atoms with Crippen LogP contribution < -0.4 is 15.8 Å². The van der Waals surface area contributed by atoms with Gasteiger partial charge < -0.3 is 15.4 Å². The number of sulfonamides is 1. The molecule has 21 heavy (non-hydrogen) atoms. The van der Waals surface area contributed by atoms with Crippen molar-refractivity contribution in [3.8, 4) is 0 Å². The predicted octanol–water partition coefficient (Wildman–Crippen LogP) is 1.31. The Morgan fingerprint density at radius 3 is 2.14 bits per heavy atom. The summed E-state index contributed by atoms with van der Waals surface area (Å²) < 4.78 is 29.7. The first-order valence-electron chi connectivity index (χ1n) is 6.77. The topological polar surface area (TPSA) is 98.6 Å². The van der Waals surface area contributed by atoms with Gasteiger partial charge in [-0.05, 0) is 45.9 Å². The SMILES string of the molecule is CC1(C)CN(c2ccc(N)cc2S(N)(=O)=O)CC(C)(C)O1. The van der Waals surface area contributed by atoms with E-state index in [0.717, 1.165) is 0 Å². The first-order chi connectivity index (χ1) is 9.40. The minimum atomic E-state index is -3.84. The minimum absolute atomic E-state index is 0.0519. The fourth-order valence-electron chi connectivity index (χ4n) is 2.98. The number of nitrogens with zero attached hydrogens (tertiary/aromatic N) is 1. The summed E-state index contributed by atoms with van der Waals surface area (Å²) in [5.41, 5.74) is 5.85. The second-order valence-corrected chi connectivity index (χ2v) is 8.28. The van der Waals surface area contributed by atoms with Crippen molar-refractivity contribution in [2.45, 2.75) is 43.8 Å². The van der Waals surface area contributed by atoms with Gasteiger partial charge in [-0.1, -0.05) is 0 Å². The van der Waals surface area contributed by atoms with Crippen molar-refractivity contribution in [3.05, 3.63) is 18.2 Å². The number of hydrogen-bond acceptors (Lipinski definition) is 5. The van der Waals surface area contributed by atoms with Crippen LogP contribution in [0.3, 0.4) is 0 Å². The predicted molar refractivity (Wildman–Crippen MR) is 83.7 cm³/mol. The minimum Gasteiger partial charge on any atom is -0.399 e. The normalized spacial score (nSPS) is 21.3. The number of rotatable bonds is 2. The molecule has 1 fully saturated rings. The zero-order chi connectivity index (χ0) is 16.1. The highest BCUT2D eigenvalue weighted by Gasteiger charge is 2.39. The van der Waals surface area contributed by atoms with E-state index in [2.05, 4.69) is 0 Å². The van der Waals surface area contributed by atoms with Crippen molar-refractivity contribution in [2.75, 3.05) is 23.7 Å². The molecular weight excluding hydrogens is 290 g/mol. The van der Waals surface area contributed by atoms with E-state index < -0.39 is 21.2 Å². The van der Waals surface area contributed by atoms with E-state index in [-0.39, 0.29) is 4.90 Å². The Kier molecular flexibility index (Phi) is 3.72. The Morgan fingerprint density at radius 2 is 1.67 bits per heavy atom. The molecule has 0 radical (unpaired) electrons. The van der Waals surface area contributed by atoms with Crippen LogP contribution in [0.4, 0.5) is 11.4 Å². The highest BCUT2D eigenvalue weighted by atomic mass is 32.2. The van der Waals surface area contributed by atoms with E-state index >= 15 is 0 Å². The van der Waals surface area contributed by atoms with Gasteiger partial charge in [0, 0.05) is 18.8 Å². The van der Waals surface area contributed by atoms with Crippen LogP contribution in [-0.2, 0) is 14.8 Å². The van der Waals surface area contributed by atoms with Gasteiger partial charge >= 0.3 is 0 Å². The maximum atomic E-state index is 11.8. The summed E-state index contributed by atoms with van der Waals surface area (Å²) in [4.78, 5) is 2.04. The van der Waals surface area contributed by atoms with Gasteiger partial charge in [0.05, 0.1) is 16.9 Å². The van der Waals surface area contributed by atoms with Gasteiger partial charge in [-0.25, -0.2) is 13.6 Å². The van der Waals surface area contributed by atoms with Crippen molar-refractivity contribution in [3.63, 3.8) is 0 Å². The number of nitrogen functional groups attached to an aromatic ring is 1. The number of hydrogen-bond donors (Lipinski definition) is 2. The summed E-state index contributed by atoms with van der Waals surface area (Å²) in [6.07, 6.45) is 0. The standard InChI is InChI=1S/C14H23N3O3S/c1-13(2)8-17(9-14(3,4)20-13)11-6-5-10(15)7-12(11)21(16,18)19/h5-7H,8-9,15H2,1-4H3,(H2,16,18,19). The van der Waals surface area contributed by atoms with Gasteiger partial charge in [-0.15, -0.1) is 0 Å². The van der Waals surface area contributed by atoms with Gasteiger partial charge in [-0.3, -0.25) is 0 Å². The lowest BCUT2D eigenvalue weighted by Gasteiger charge is -2.48. The highest BCUT2D eigenvalue weighted by molar-refractivity contribution is 7.89. The van der Waals surface area contributed by atoms with E-state index in [1.807, 2.05) is 32.6 Å². The van der Waals surface area contributed by atoms with Crippen LogP contribution in [0, 0.1) is 0 Å². The number of ether oxygens (including phenoxy) is 1. The molecule has 7 heteroatoms. The first kappa shape index (κ1) is 16.1. The van der Waals surface area contributed by atoms with Gasteiger partial charge in [-0.2, -0.15) is 0 Å². The first-order valence-corrected chi connectivity index (χ1v) is 8.32. The molecule has 118 valence electrons. The summed E-state index contributed by atoms with van der Waals surface area (Å²) in [6, 6.07) is 4.78. The summed E-state index contributed by atoms with van der Waals surface area (Å²) in [7, 11) is -3.84. The number of primary sulfonamides is 1. The van der Waals surface area contributed by atoms with Crippen LogP contribution in [0.5, 0.6) is 0 Å². The molecule has 1 aromatic rings. The Bertz CT molecular complexity index is 637. The lowest BCUT2D eigenvalue weighted by molar-refractivity contribution is -0.133. The third kappa shape index (κ3) is 3.66. The quantitative estimate of drug-likeness (QED) is 0.802. The molecule has 1 aromatic carbocycles. The van der Waals surface area contributed by atoms with E-state index in [1.54, 1.807) is 12.1 Å². The maximum Gasteiger partial charge on any atom is 0.240 e. The second kappa shape index (κ2) is 4.86. The molecular formula is C14H23N3O3S. The third-order valence-corrected chi connectivity index (χ3v) is 4.27. The molecule has 0 unspecified atom stereocenters. The number of nitrogens with two attached hydrogens (primary N) is 2. The summed E-state index contributed by atoms with van der Waals surface area (Å²) in [5.74, 6) is 0. The fraction of sp³-hybridized carbons (Fsp3) is 0.571. The fourth-order valence-corrected chi connectivity index (χ4v) is 3.77. The van der Waals surface area contributed by atoms with Crippen molar-refractivity contribution in [1.29, 1.82) is 0 Å². The van der Waals surface area contributed by atoms with Crippen LogP contribution in [0.1, 0.15) is 27.7 Å². The Labute approximate surface area is 126 Å². The van der Waals surface area contributed by atoms with Crippen LogP contribution >= 0.6 is 0 Å². The zero-order valence-electron chi connectivity index (χ0n) is 12.9. The molecule has 0 bridgehead atoms. The Morgan fingerprint density at radius 1 is 1.14 bits per heavy atom. The largest absolute Gasteiger partial charge is 0.399 e. The molecule has 0 aromatic heterocycles. The van der Waals surface area contributed by atoms with E-state index in [4.69, 9.17) is 15.6 Å². The summed E-state index contributed by atoms with van der Waals surface area (Å²) in [6.45, 7) is 9.07. The second-order valence-electron chi connectivity index (χ2n) is 6.75. The number of anilines is 2. The average Bonchev–Trinajstić information content (AvgIpc) is 2.23.